The summed E-state index contributed by atoms with van der Waals surface area (Å²) >= 11 is 12.1. The number of hydrogen-bond donors (Lipinski definition) is 2. The zero-order chi connectivity index (χ0) is 16.8. The quantitative estimate of drug-likeness (QED) is 0.774. The fraction of sp³-hybridized carbons (Fsp3) is 0.412. The predicted molar refractivity (Wildman–Crippen MR) is 98.2 cm³/mol. The Morgan fingerprint density at radius 1 is 1.21 bits per heavy atom. The average molecular weight is 367 g/mol. The summed E-state index contributed by atoms with van der Waals surface area (Å²) in [6, 6.07) is 7.39. The molecule has 24 heavy (non-hydrogen) atoms. The van der Waals surface area contributed by atoms with Gasteiger partial charge < -0.3 is 15.4 Å². The highest BCUT2D eigenvalue weighted by molar-refractivity contribution is 6.35. The molecule has 0 spiro atoms. The number of benzene rings is 1. The van der Waals surface area contributed by atoms with Crippen LogP contribution in [0.5, 0.6) is 0 Å². The van der Waals surface area contributed by atoms with E-state index in [1.807, 2.05) is 18.2 Å². The molecule has 1 saturated heterocycles. The van der Waals surface area contributed by atoms with Gasteiger partial charge in [-0.15, -0.1) is 0 Å². The first kappa shape index (κ1) is 17.3. The second-order valence-corrected chi connectivity index (χ2v) is 6.54. The Hall–Kier alpha value is -1.56. The van der Waals surface area contributed by atoms with Gasteiger partial charge in [0.05, 0.1) is 6.10 Å². The molecular weight excluding hydrogens is 347 g/mol. The van der Waals surface area contributed by atoms with E-state index >= 15 is 0 Å². The molecule has 0 saturated carbocycles. The highest BCUT2D eigenvalue weighted by Gasteiger charge is 2.15. The summed E-state index contributed by atoms with van der Waals surface area (Å²) in [6.07, 6.45) is 5.03. The number of nitrogens with one attached hydrogen (secondary N) is 2. The summed E-state index contributed by atoms with van der Waals surface area (Å²) in [4.78, 5) is 8.70. The van der Waals surface area contributed by atoms with Crippen LogP contribution in [0.25, 0.3) is 0 Å². The average Bonchev–Trinajstić information content (AvgIpc) is 3.09. The van der Waals surface area contributed by atoms with E-state index in [0.717, 1.165) is 43.8 Å². The Labute approximate surface area is 151 Å². The van der Waals surface area contributed by atoms with Gasteiger partial charge in [-0.2, -0.15) is 4.98 Å². The largest absolute Gasteiger partial charge is 0.376 e. The van der Waals surface area contributed by atoms with Crippen LogP contribution in [0.1, 0.15) is 18.4 Å². The summed E-state index contributed by atoms with van der Waals surface area (Å²) in [5.41, 5.74) is 1.04. The van der Waals surface area contributed by atoms with Crippen LogP contribution in [0.2, 0.25) is 10.0 Å². The molecule has 128 valence electrons. The van der Waals surface area contributed by atoms with Crippen molar-refractivity contribution in [3.63, 3.8) is 0 Å². The molecule has 3 rings (SSSR count). The number of halogens is 2. The normalized spacial score (nSPS) is 17.0. The first-order valence-corrected chi connectivity index (χ1v) is 8.82. The van der Waals surface area contributed by atoms with Crippen LogP contribution < -0.4 is 10.6 Å². The maximum atomic E-state index is 6.17. The highest BCUT2D eigenvalue weighted by Crippen LogP contribution is 2.21. The molecule has 7 heteroatoms. The van der Waals surface area contributed by atoms with Gasteiger partial charge in [-0.05, 0) is 43.0 Å². The molecule has 1 unspecified atom stereocenters. The van der Waals surface area contributed by atoms with Crippen LogP contribution in [0.4, 0.5) is 11.8 Å². The van der Waals surface area contributed by atoms with E-state index in [4.69, 9.17) is 27.9 Å². The molecule has 1 aromatic carbocycles. The van der Waals surface area contributed by atoms with Crippen molar-refractivity contribution in [2.75, 3.05) is 30.3 Å². The van der Waals surface area contributed by atoms with Crippen molar-refractivity contribution in [1.82, 2.24) is 9.97 Å². The van der Waals surface area contributed by atoms with Gasteiger partial charge in [0.15, 0.2) is 0 Å². The molecular formula is C17H20Cl2N4O. The van der Waals surface area contributed by atoms with Crippen molar-refractivity contribution in [3.8, 4) is 0 Å². The van der Waals surface area contributed by atoms with Gasteiger partial charge in [-0.25, -0.2) is 4.98 Å². The Morgan fingerprint density at radius 3 is 2.92 bits per heavy atom. The predicted octanol–water partition coefficient (Wildman–Crippen LogP) is 4.03. The maximum absolute atomic E-state index is 6.17. The van der Waals surface area contributed by atoms with E-state index in [1.54, 1.807) is 12.3 Å². The van der Waals surface area contributed by atoms with Crippen molar-refractivity contribution in [3.05, 3.63) is 46.1 Å². The van der Waals surface area contributed by atoms with Gasteiger partial charge in [0.1, 0.15) is 5.82 Å². The zero-order valence-corrected chi connectivity index (χ0v) is 14.8. The summed E-state index contributed by atoms with van der Waals surface area (Å²) in [7, 11) is 0. The third-order valence-electron chi connectivity index (χ3n) is 3.88. The fourth-order valence-electron chi connectivity index (χ4n) is 2.60. The van der Waals surface area contributed by atoms with Gasteiger partial charge in [-0.1, -0.05) is 29.3 Å². The minimum Gasteiger partial charge on any atom is -0.376 e. The Balaban J connectivity index is 1.48. The molecule has 0 radical (unpaired) electrons. The van der Waals surface area contributed by atoms with E-state index in [1.165, 1.54) is 0 Å². The monoisotopic (exact) mass is 366 g/mol. The second-order valence-electron chi connectivity index (χ2n) is 5.69. The lowest BCUT2D eigenvalue weighted by Crippen LogP contribution is -2.19. The van der Waals surface area contributed by atoms with Crippen molar-refractivity contribution in [2.24, 2.45) is 0 Å². The SMILES string of the molecule is Clc1ccc(CCNc2nccc(NCC3CCCO3)n2)c(Cl)c1. The molecule has 2 heterocycles. The van der Waals surface area contributed by atoms with Gasteiger partial charge in [-0.3, -0.25) is 0 Å². The molecule has 5 nitrogen and oxygen atoms in total. The summed E-state index contributed by atoms with van der Waals surface area (Å²) in [5.74, 6) is 1.39. The molecule has 1 atom stereocenters. The highest BCUT2D eigenvalue weighted by atomic mass is 35.5. The van der Waals surface area contributed by atoms with Gasteiger partial charge in [0.2, 0.25) is 5.95 Å². The lowest BCUT2D eigenvalue weighted by Gasteiger charge is -2.12. The van der Waals surface area contributed by atoms with E-state index in [0.29, 0.717) is 22.5 Å². The number of anilines is 2. The third-order valence-corrected chi connectivity index (χ3v) is 4.47. The van der Waals surface area contributed by atoms with Gasteiger partial charge in [0, 0.05) is 35.9 Å². The van der Waals surface area contributed by atoms with Crippen LogP contribution in [-0.2, 0) is 11.2 Å². The third kappa shape index (κ3) is 4.97. The molecule has 0 amide bonds. The molecule has 1 aromatic heterocycles. The van der Waals surface area contributed by atoms with Gasteiger partial charge >= 0.3 is 0 Å². The van der Waals surface area contributed by atoms with Crippen LogP contribution in [-0.4, -0.2) is 35.8 Å². The number of aromatic nitrogens is 2. The lowest BCUT2D eigenvalue weighted by atomic mass is 10.1. The number of rotatable bonds is 7. The van der Waals surface area contributed by atoms with Crippen LogP contribution in [0.3, 0.4) is 0 Å². The standard InChI is InChI=1S/C17H20Cl2N4O/c18-13-4-3-12(15(19)10-13)5-7-20-17-21-8-6-16(23-17)22-11-14-2-1-9-24-14/h3-4,6,8,10,14H,1-2,5,7,9,11H2,(H2,20,21,22,23). The molecule has 0 bridgehead atoms. The van der Waals surface area contributed by atoms with Gasteiger partial charge in [0.25, 0.3) is 0 Å². The molecule has 0 aliphatic carbocycles. The van der Waals surface area contributed by atoms with Crippen molar-refractivity contribution >= 4 is 35.0 Å². The topological polar surface area (TPSA) is 59.1 Å². The van der Waals surface area contributed by atoms with E-state index in [9.17, 15) is 0 Å². The summed E-state index contributed by atoms with van der Waals surface area (Å²) in [6.45, 7) is 2.32. The zero-order valence-electron chi connectivity index (χ0n) is 13.3. The summed E-state index contributed by atoms with van der Waals surface area (Å²) < 4.78 is 5.59. The van der Waals surface area contributed by atoms with Crippen molar-refractivity contribution in [1.29, 1.82) is 0 Å². The first-order valence-electron chi connectivity index (χ1n) is 8.07. The van der Waals surface area contributed by atoms with E-state index in [2.05, 4.69) is 20.6 Å². The molecule has 1 aliphatic heterocycles. The Morgan fingerprint density at radius 2 is 2.12 bits per heavy atom. The van der Waals surface area contributed by atoms with Crippen molar-refractivity contribution in [2.45, 2.75) is 25.4 Å². The van der Waals surface area contributed by atoms with Crippen LogP contribution in [0.15, 0.2) is 30.5 Å². The van der Waals surface area contributed by atoms with Crippen LogP contribution >= 0.6 is 23.2 Å². The fourth-order valence-corrected chi connectivity index (χ4v) is 3.10. The smallest absolute Gasteiger partial charge is 0.224 e. The number of hydrogen-bond acceptors (Lipinski definition) is 5. The second kappa shape index (κ2) is 8.51. The first-order chi connectivity index (χ1) is 11.7. The lowest BCUT2D eigenvalue weighted by molar-refractivity contribution is 0.120. The maximum Gasteiger partial charge on any atom is 0.224 e. The minimum absolute atomic E-state index is 0.281. The Bertz CT molecular complexity index is 677. The summed E-state index contributed by atoms with van der Waals surface area (Å²) in [5, 5.41) is 7.84. The minimum atomic E-state index is 0.281. The van der Waals surface area contributed by atoms with E-state index in [-0.39, 0.29) is 6.10 Å². The van der Waals surface area contributed by atoms with Crippen LogP contribution in [0, 0.1) is 0 Å². The molecule has 1 aliphatic rings. The molecule has 1 fully saturated rings. The Kier molecular flexibility index (Phi) is 6.12. The molecule has 2 N–H and O–H groups in total. The number of ether oxygens (including phenoxy) is 1. The number of nitrogens with zero attached hydrogens (tertiary/aromatic N) is 2. The van der Waals surface area contributed by atoms with Crippen molar-refractivity contribution < 1.29 is 4.74 Å². The molecule has 2 aromatic rings. The van der Waals surface area contributed by atoms with E-state index < -0.39 is 0 Å².